The number of aliphatic hydroxyl groups is 1. The van der Waals surface area contributed by atoms with Gasteiger partial charge in [0.05, 0.1) is 19.0 Å². The maximum Gasteiger partial charge on any atom is 0.326 e. The number of carbonyl (C=O) groups is 5. The molecule has 1 aromatic rings. The van der Waals surface area contributed by atoms with Crippen LogP contribution in [0.25, 0.3) is 0 Å². The standard InChI is InChI=1S/C20H33N7O8/c21-6-2-1-3-13(25-17(31)12(22)4-5-16(29)30)18(32)27-15(9-28)19(33)26-14(20(34)35)7-11-8-23-10-24-11/h8,10,12-15,28H,1-7,9,21-22H2,(H,23,24)(H,25,31)(H,26,33)(H,27,32)(H,29,30)(H,34,35). The molecule has 0 saturated heterocycles. The molecule has 35 heavy (non-hydrogen) atoms. The van der Waals surface area contributed by atoms with Gasteiger partial charge in [0, 0.05) is 24.7 Å². The summed E-state index contributed by atoms with van der Waals surface area (Å²) in [4.78, 5) is 66.4. The van der Waals surface area contributed by atoms with Crippen molar-refractivity contribution in [1.82, 2.24) is 25.9 Å². The molecule has 0 radical (unpaired) electrons. The van der Waals surface area contributed by atoms with Gasteiger partial charge in [-0.05, 0) is 32.2 Å². The maximum atomic E-state index is 12.8. The van der Waals surface area contributed by atoms with E-state index in [0.717, 1.165) is 0 Å². The van der Waals surface area contributed by atoms with Crippen LogP contribution in [-0.4, -0.2) is 92.3 Å². The van der Waals surface area contributed by atoms with E-state index in [1.807, 2.05) is 0 Å². The largest absolute Gasteiger partial charge is 0.481 e. The number of carboxylic acid groups (broad SMARTS) is 2. The lowest BCUT2D eigenvalue weighted by Crippen LogP contribution is -2.58. The topological polar surface area (TPSA) is 263 Å². The van der Waals surface area contributed by atoms with E-state index in [9.17, 15) is 34.2 Å². The number of nitrogens with one attached hydrogen (secondary N) is 4. The first-order valence-corrected chi connectivity index (χ1v) is 11.0. The van der Waals surface area contributed by atoms with Crippen LogP contribution >= 0.6 is 0 Å². The van der Waals surface area contributed by atoms with Crippen LogP contribution in [0.1, 0.15) is 37.8 Å². The Bertz CT molecular complexity index is 849. The number of aliphatic hydroxyl groups excluding tert-OH is 1. The normalized spacial score (nSPS) is 14.3. The lowest BCUT2D eigenvalue weighted by Gasteiger charge is -2.24. The fraction of sp³-hybridized carbons (Fsp3) is 0.600. The van der Waals surface area contributed by atoms with Gasteiger partial charge in [-0.25, -0.2) is 9.78 Å². The highest BCUT2D eigenvalue weighted by molar-refractivity contribution is 5.94. The summed E-state index contributed by atoms with van der Waals surface area (Å²) in [5, 5.41) is 34.7. The predicted molar refractivity (Wildman–Crippen MR) is 121 cm³/mol. The number of carboxylic acids is 2. The monoisotopic (exact) mass is 499 g/mol. The minimum absolute atomic E-state index is 0.112. The van der Waals surface area contributed by atoms with Gasteiger partial charge in [0.15, 0.2) is 0 Å². The third-order valence-corrected chi connectivity index (χ3v) is 4.99. The molecule has 196 valence electrons. The zero-order valence-corrected chi connectivity index (χ0v) is 19.1. The lowest BCUT2D eigenvalue weighted by molar-refractivity contribution is -0.142. The molecule has 0 saturated carbocycles. The number of aromatic nitrogens is 2. The molecule has 0 spiro atoms. The number of aliphatic carboxylic acids is 2. The molecule has 0 aliphatic carbocycles. The molecule has 0 aromatic carbocycles. The number of hydrogen-bond donors (Lipinski definition) is 9. The van der Waals surface area contributed by atoms with E-state index in [4.69, 9.17) is 16.6 Å². The van der Waals surface area contributed by atoms with Crippen molar-refractivity contribution in [3.05, 3.63) is 18.2 Å². The van der Waals surface area contributed by atoms with Crippen LogP contribution in [0, 0.1) is 0 Å². The average Bonchev–Trinajstić information content (AvgIpc) is 3.32. The highest BCUT2D eigenvalue weighted by Gasteiger charge is 2.30. The summed E-state index contributed by atoms with van der Waals surface area (Å²) in [6, 6.07) is -5.18. The van der Waals surface area contributed by atoms with Crippen molar-refractivity contribution in [2.75, 3.05) is 13.2 Å². The van der Waals surface area contributed by atoms with Crippen molar-refractivity contribution in [3.63, 3.8) is 0 Å². The van der Waals surface area contributed by atoms with Crippen LogP contribution < -0.4 is 27.4 Å². The smallest absolute Gasteiger partial charge is 0.326 e. The van der Waals surface area contributed by atoms with E-state index in [-0.39, 0.29) is 25.7 Å². The summed E-state index contributed by atoms with van der Waals surface area (Å²) < 4.78 is 0. The molecule has 1 heterocycles. The second kappa shape index (κ2) is 15.4. The first-order valence-electron chi connectivity index (χ1n) is 11.0. The van der Waals surface area contributed by atoms with Gasteiger partial charge < -0.3 is 47.7 Å². The number of aromatic amines is 1. The Kier molecular flexibility index (Phi) is 12.9. The second-order valence-corrected chi connectivity index (χ2v) is 7.81. The number of nitrogens with zero attached hydrogens (tertiary/aromatic N) is 1. The van der Waals surface area contributed by atoms with Gasteiger partial charge in [-0.2, -0.15) is 0 Å². The van der Waals surface area contributed by atoms with E-state index in [2.05, 4.69) is 25.9 Å². The summed E-state index contributed by atoms with van der Waals surface area (Å²) in [5.41, 5.74) is 11.6. The Hall–Kier alpha value is -3.56. The summed E-state index contributed by atoms with van der Waals surface area (Å²) in [6.45, 7) is -0.495. The fourth-order valence-corrected chi connectivity index (χ4v) is 3.01. The molecular formula is C20H33N7O8. The quantitative estimate of drug-likeness (QED) is 0.0963. The Morgan fingerprint density at radius 2 is 1.57 bits per heavy atom. The SMILES string of the molecule is NCCCCC(NC(=O)C(N)CCC(=O)O)C(=O)NC(CO)C(=O)NC(Cc1cnc[nH]1)C(=O)O. The number of unbranched alkanes of at least 4 members (excludes halogenated alkanes) is 1. The molecule has 0 bridgehead atoms. The number of rotatable bonds is 17. The number of H-pyrrole nitrogens is 1. The first-order chi connectivity index (χ1) is 16.6. The Balaban J connectivity index is 2.82. The molecule has 0 aliphatic heterocycles. The third-order valence-electron chi connectivity index (χ3n) is 4.99. The molecule has 4 unspecified atom stereocenters. The fourth-order valence-electron chi connectivity index (χ4n) is 3.01. The van der Waals surface area contributed by atoms with Crippen molar-refractivity contribution in [3.8, 4) is 0 Å². The number of amides is 3. The van der Waals surface area contributed by atoms with Crippen molar-refractivity contribution >= 4 is 29.7 Å². The molecule has 1 rings (SSSR count). The Morgan fingerprint density at radius 3 is 2.11 bits per heavy atom. The number of hydrogen-bond acceptors (Lipinski definition) is 9. The zero-order chi connectivity index (χ0) is 26.4. The van der Waals surface area contributed by atoms with Gasteiger partial charge in [0.25, 0.3) is 0 Å². The molecule has 4 atom stereocenters. The van der Waals surface area contributed by atoms with Crippen LogP contribution in [0.3, 0.4) is 0 Å². The Labute approximate surface area is 201 Å². The molecule has 11 N–H and O–H groups in total. The molecule has 0 fully saturated rings. The molecule has 0 aliphatic rings. The minimum Gasteiger partial charge on any atom is -0.481 e. The van der Waals surface area contributed by atoms with Crippen LogP contribution in [-0.2, 0) is 30.4 Å². The van der Waals surface area contributed by atoms with Crippen LogP contribution in [0.15, 0.2) is 12.5 Å². The molecule has 3 amide bonds. The highest BCUT2D eigenvalue weighted by Crippen LogP contribution is 2.05. The van der Waals surface area contributed by atoms with E-state index in [0.29, 0.717) is 25.1 Å². The number of imidazole rings is 1. The van der Waals surface area contributed by atoms with Gasteiger partial charge in [0.2, 0.25) is 17.7 Å². The van der Waals surface area contributed by atoms with E-state index in [1.165, 1.54) is 12.5 Å². The van der Waals surface area contributed by atoms with Crippen molar-refractivity contribution < 1.29 is 39.3 Å². The lowest BCUT2D eigenvalue weighted by atomic mass is 10.1. The minimum atomic E-state index is -1.50. The predicted octanol–water partition coefficient (Wildman–Crippen LogP) is -3.20. The highest BCUT2D eigenvalue weighted by atomic mass is 16.4. The van der Waals surface area contributed by atoms with Crippen LogP contribution in [0.2, 0.25) is 0 Å². The van der Waals surface area contributed by atoms with Crippen molar-refractivity contribution in [2.24, 2.45) is 11.5 Å². The molecular weight excluding hydrogens is 466 g/mol. The summed E-state index contributed by atoms with van der Waals surface area (Å²) in [6.07, 6.45) is 3.27. The van der Waals surface area contributed by atoms with Gasteiger partial charge in [0.1, 0.15) is 18.1 Å². The summed E-state index contributed by atoms with van der Waals surface area (Å²) in [5.74, 6) is -4.98. The Morgan fingerprint density at radius 1 is 0.943 bits per heavy atom. The van der Waals surface area contributed by atoms with Crippen LogP contribution in [0.5, 0.6) is 0 Å². The summed E-state index contributed by atoms with van der Waals surface area (Å²) in [7, 11) is 0. The van der Waals surface area contributed by atoms with E-state index >= 15 is 0 Å². The van der Waals surface area contributed by atoms with Crippen molar-refractivity contribution in [2.45, 2.75) is 62.7 Å². The second-order valence-electron chi connectivity index (χ2n) is 7.81. The van der Waals surface area contributed by atoms with Gasteiger partial charge >= 0.3 is 11.9 Å². The van der Waals surface area contributed by atoms with Gasteiger partial charge in [-0.3, -0.25) is 19.2 Å². The molecule has 15 heteroatoms. The van der Waals surface area contributed by atoms with Crippen LogP contribution in [0.4, 0.5) is 0 Å². The van der Waals surface area contributed by atoms with Gasteiger partial charge in [-0.1, -0.05) is 0 Å². The van der Waals surface area contributed by atoms with Crippen molar-refractivity contribution in [1.29, 1.82) is 0 Å². The van der Waals surface area contributed by atoms with Gasteiger partial charge in [-0.15, -0.1) is 0 Å². The maximum absolute atomic E-state index is 12.8. The number of nitrogens with two attached hydrogens (primary N) is 2. The number of carbonyl (C=O) groups excluding carboxylic acids is 3. The van der Waals surface area contributed by atoms with E-state index < -0.39 is 60.4 Å². The third kappa shape index (κ3) is 10.9. The van der Waals surface area contributed by atoms with E-state index in [1.54, 1.807) is 0 Å². The molecule has 1 aromatic heterocycles. The zero-order valence-electron chi connectivity index (χ0n) is 19.1. The summed E-state index contributed by atoms with van der Waals surface area (Å²) >= 11 is 0. The average molecular weight is 500 g/mol. The first kappa shape index (κ1) is 29.5. The molecule has 15 nitrogen and oxygen atoms in total.